The van der Waals surface area contributed by atoms with Crippen LogP contribution in [-0.4, -0.2) is 23.3 Å². The van der Waals surface area contributed by atoms with Crippen molar-refractivity contribution in [3.05, 3.63) is 35.9 Å². The zero-order valence-corrected chi connectivity index (χ0v) is 8.98. The minimum atomic E-state index is -5.08. The van der Waals surface area contributed by atoms with Crippen LogP contribution in [0.25, 0.3) is 0 Å². The molecule has 0 radical (unpaired) electrons. The van der Waals surface area contributed by atoms with Crippen molar-refractivity contribution in [2.45, 2.75) is 12.8 Å². The topological polar surface area (TPSA) is 89.6 Å². The van der Waals surface area contributed by atoms with Gasteiger partial charge < -0.3 is 15.6 Å². The average molecular weight is 265 g/mol. The van der Waals surface area contributed by atoms with Crippen molar-refractivity contribution in [1.29, 1.82) is 0 Å². The molecule has 0 heterocycles. The molecule has 0 aliphatic rings. The van der Waals surface area contributed by atoms with Crippen LogP contribution < -0.4 is 5.73 Å². The third-order valence-corrected chi connectivity index (χ3v) is 1.47. The first-order chi connectivity index (χ1) is 8.23. The van der Waals surface area contributed by atoms with Gasteiger partial charge in [0.1, 0.15) is 6.61 Å². The summed E-state index contributed by atoms with van der Waals surface area (Å²) < 4.78 is 36.3. The minimum Gasteiger partial charge on any atom is -0.475 e. The number of ether oxygens (including phenoxy) is 1. The molecule has 0 saturated heterocycles. The van der Waals surface area contributed by atoms with Gasteiger partial charge in [-0.2, -0.15) is 13.2 Å². The van der Waals surface area contributed by atoms with Crippen LogP contribution >= 0.6 is 0 Å². The Morgan fingerprint density at radius 2 is 1.67 bits per heavy atom. The number of halogens is 3. The van der Waals surface area contributed by atoms with E-state index in [1.54, 1.807) is 0 Å². The Morgan fingerprint density at radius 1 is 1.22 bits per heavy atom. The summed E-state index contributed by atoms with van der Waals surface area (Å²) >= 11 is 0. The number of alkyl halides is 3. The molecule has 1 amide bonds. The lowest BCUT2D eigenvalue weighted by molar-refractivity contribution is -0.192. The van der Waals surface area contributed by atoms with Crippen LogP contribution in [0.3, 0.4) is 0 Å². The molecule has 0 aliphatic heterocycles. The number of carboxylic acids is 1. The lowest BCUT2D eigenvalue weighted by Crippen LogP contribution is -2.21. The van der Waals surface area contributed by atoms with E-state index in [2.05, 4.69) is 4.74 Å². The van der Waals surface area contributed by atoms with Crippen molar-refractivity contribution < 1.29 is 32.6 Å². The average Bonchev–Trinajstić information content (AvgIpc) is 2.27. The molecule has 0 spiro atoms. The van der Waals surface area contributed by atoms with E-state index in [0.717, 1.165) is 5.56 Å². The second-order valence-electron chi connectivity index (χ2n) is 2.90. The van der Waals surface area contributed by atoms with Gasteiger partial charge in [-0.3, -0.25) is 0 Å². The smallest absolute Gasteiger partial charge is 0.475 e. The third-order valence-electron chi connectivity index (χ3n) is 1.47. The van der Waals surface area contributed by atoms with Crippen molar-refractivity contribution in [2.24, 2.45) is 5.73 Å². The summed E-state index contributed by atoms with van der Waals surface area (Å²) in [6.45, 7) is 0.246. The monoisotopic (exact) mass is 265 g/mol. The largest absolute Gasteiger partial charge is 0.490 e. The van der Waals surface area contributed by atoms with Gasteiger partial charge in [-0.05, 0) is 5.56 Å². The van der Waals surface area contributed by atoms with E-state index < -0.39 is 18.2 Å². The van der Waals surface area contributed by atoms with Crippen molar-refractivity contribution >= 4 is 12.1 Å². The molecule has 100 valence electrons. The SMILES string of the molecule is NC(=O)OCc1ccccc1.O=C(O)C(F)(F)F. The molecular weight excluding hydrogens is 255 g/mol. The molecule has 1 aromatic carbocycles. The second-order valence-corrected chi connectivity index (χ2v) is 2.90. The number of carbonyl (C=O) groups excluding carboxylic acids is 1. The summed E-state index contributed by atoms with van der Waals surface area (Å²) in [6, 6.07) is 9.37. The highest BCUT2D eigenvalue weighted by atomic mass is 19.4. The molecule has 3 N–H and O–H groups in total. The number of nitrogens with two attached hydrogens (primary N) is 1. The van der Waals surface area contributed by atoms with E-state index in [0.29, 0.717) is 0 Å². The Bertz CT molecular complexity index is 392. The van der Waals surface area contributed by atoms with E-state index in [1.165, 1.54) is 0 Å². The van der Waals surface area contributed by atoms with Crippen molar-refractivity contribution in [1.82, 2.24) is 0 Å². The number of benzene rings is 1. The molecule has 18 heavy (non-hydrogen) atoms. The van der Waals surface area contributed by atoms with Gasteiger partial charge >= 0.3 is 18.2 Å². The van der Waals surface area contributed by atoms with Crippen LogP contribution in [-0.2, 0) is 16.1 Å². The number of rotatable bonds is 2. The molecule has 0 saturated carbocycles. The fourth-order valence-electron chi connectivity index (χ4n) is 0.729. The van der Waals surface area contributed by atoms with Gasteiger partial charge in [-0.15, -0.1) is 0 Å². The molecule has 0 fully saturated rings. The highest BCUT2D eigenvalue weighted by Gasteiger charge is 2.38. The van der Waals surface area contributed by atoms with Crippen LogP contribution in [0, 0.1) is 0 Å². The van der Waals surface area contributed by atoms with Gasteiger partial charge in [0, 0.05) is 0 Å². The maximum Gasteiger partial charge on any atom is 0.490 e. The normalized spacial score (nSPS) is 9.94. The van der Waals surface area contributed by atoms with E-state index in [9.17, 15) is 18.0 Å². The van der Waals surface area contributed by atoms with Crippen molar-refractivity contribution in [3.63, 3.8) is 0 Å². The molecule has 5 nitrogen and oxygen atoms in total. The lowest BCUT2D eigenvalue weighted by Gasteiger charge is -1.99. The number of aliphatic carboxylic acids is 1. The van der Waals surface area contributed by atoms with Crippen LogP contribution in [0.2, 0.25) is 0 Å². The van der Waals surface area contributed by atoms with Gasteiger partial charge in [0.2, 0.25) is 0 Å². The number of carboxylic acid groups (broad SMARTS) is 1. The van der Waals surface area contributed by atoms with E-state index in [-0.39, 0.29) is 6.61 Å². The molecule has 1 rings (SSSR count). The lowest BCUT2D eigenvalue weighted by atomic mass is 10.2. The number of amides is 1. The number of carbonyl (C=O) groups is 2. The summed E-state index contributed by atoms with van der Waals surface area (Å²) in [5, 5.41) is 7.12. The highest BCUT2D eigenvalue weighted by Crippen LogP contribution is 2.13. The van der Waals surface area contributed by atoms with E-state index in [1.807, 2.05) is 30.3 Å². The molecule has 0 unspecified atom stereocenters. The Balaban J connectivity index is 0.000000360. The second kappa shape index (κ2) is 7.15. The van der Waals surface area contributed by atoms with Gasteiger partial charge in [0.05, 0.1) is 0 Å². The molecule has 0 aromatic heterocycles. The predicted molar refractivity (Wildman–Crippen MR) is 54.5 cm³/mol. The van der Waals surface area contributed by atoms with Crippen molar-refractivity contribution in [3.8, 4) is 0 Å². The first-order valence-electron chi connectivity index (χ1n) is 4.49. The summed E-state index contributed by atoms with van der Waals surface area (Å²) in [5.74, 6) is -2.76. The molecule has 8 heteroatoms. The molecule has 0 atom stereocenters. The Kier molecular flexibility index (Phi) is 6.26. The van der Waals surface area contributed by atoms with Gasteiger partial charge in [0.25, 0.3) is 0 Å². The van der Waals surface area contributed by atoms with Gasteiger partial charge in [-0.1, -0.05) is 30.3 Å². The minimum absolute atomic E-state index is 0.246. The fraction of sp³-hybridized carbons (Fsp3) is 0.200. The predicted octanol–water partition coefficient (Wildman–Crippen LogP) is 1.92. The Labute approximate surface area is 100.0 Å². The molecular formula is C10H10F3NO4. The van der Waals surface area contributed by atoms with E-state index in [4.69, 9.17) is 15.6 Å². The Hall–Kier alpha value is -2.25. The number of primary amides is 1. The maximum absolute atomic E-state index is 10.6. The quantitative estimate of drug-likeness (QED) is 0.854. The maximum atomic E-state index is 10.6. The first-order valence-corrected chi connectivity index (χ1v) is 4.49. The van der Waals surface area contributed by atoms with E-state index >= 15 is 0 Å². The summed E-state index contributed by atoms with van der Waals surface area (Å²) in [4.78, 5) is 19.1. The zero-order valence-electron chi connectivity index (χ0n) is 8.98. The van der Waals surface area contributed by atoms with Gasteiger partial charge in [-0.25, -0.2) is 9.59 Å². The zero-order chi connectivity index (χ0) is 14.2. The molecule has 1 aromatic rings. The summed E-state index contributed by atoms with van der Waals surface area (Å²) in [7, 11) is 0. The Morgan fingerprint density at radius 3 is 2.00 bits per heavy atom. The van der Waals surface area contributed by atoms with Crippen LogP contribution in [0.4, 0.5) is 18.0 Å². The summed E-state index contributed by atoms with van der Waals surface area (Å²) in [6.07, 6.45) is -5.83. The first kappa shape index (κ1) is 15.8. The van der Waals surface area contributed by atoms with Crippen LogP contribution in [0.5, 0.6) is 0 Å². The number of hydrogen-bond donors (Lipinski definition) is 2. The van der Waals surface area contributed by atoms with Gasteiger partial charge in [0.15, 0.2) is 0 Å². The highest BCUT2D eigenvalue weighted by molar-refractivity contribution is 5.73. The number of hydrogen-bond acceptors (Lipinski definition) is 3. The molecule has 0 bridgehead atoms. The standard InChI is InChI=1S/C8H9NO2.C2HF3O2/c9-8(10)11-6-7-4-2-1-3-5-7;3-2(4,5)1(6)7/h1-5H,6H2,(H2,9,10);(H,6,7). The van der Waals surface area contributed by atoms with Crippen molar-refractivity contribution in [2.75, 3.05) is 0 Å². The molecule has 0 aliphatic carbocycles. The summed E-state index contributed by atoms with van der Waals surface area (Å²) in [5.41, 5.74) is 5.72. The van der Waals surface area contributed by atoms with Crippen LogP contribution in [0.15, 0.2) is 30.3 Å². The fourth-order valence-corrected chi connectivity index (χ4v) is 0.729. The van der Waals surface area contributed by atoms with Crippen LogP contribution in [0.1, 0.15) is 5.56 Å². The third kappa shape index (κ3) is 7.97.